The van der Waals surface area contributed by atoms with Gasteiger partial charge < -0.3 is 10.0 Å². The lowest BCUT2D eigenvalue weighted by atomic mass is 9.40. The fourth-order valence-electron chi connectivity index (χ4n) is 3.91. The van der Waals surface area contributed by atoms with E-state index in [4.69, 9.17) is 5.11 Å². The maximum Gasteiger partial charge on any atom is 0.326 e. The SMILES string of the molecule is CC(=O)N1CC(C23CC(C2)C3)C[C@H]1C(=O)O. The Kier molecular flexibility index (Phi) is 1.89. The molecule has 1 aliphatic heterocycles. The molecule has 3 saturated carbocycles. The Labute approximate surface area is 94.6 Å². The maximum atomic E-state index is 11.4. The summed E-state index contributed by atoms with van der Waals surface area (Å²) in [7, 11) is 0. The van der Waals surface area contributed by atoms with E-state index in [2.05, 4.69) is 0 Å². The Hall–Kier alpha value is -1.06. The largest absolute Gasteiger partial charge is 0.480 e. The summed E-state index contributed by atoms with van der Waals surface area (Å²) in [4.78, 5) is 24.1. The summed E-state index contributed by atoms with van der Waals surface area (Å²) >= 11 is 0. The molecule has 0 aromatic heterocycles. The number of rotatable bonds is 2. The summed E-state index contributed by atoms with van der Waals surface area (Å²) in [5.74, 6) is 0.406. The summed E-state index contributed by atoms with van der Waals surface area (Å²) in [6.45, 7) is 2.14. The lowest BCUT2D eigenvalue weighted by Gasteiger charge is -2.65. The average Bonchev–Trinajstić information content (AvgIpc) is 2.42. The fraction of sp³-hybridized carbons (Fsp3) is 0.833. The van der Waals surface area contributed by atoms with Crippen molar-refractivity contribution in [2.45, 2.75) is 38.6 Å². The van der Waals surface area contributed by atoms with Crippen molar-refractivity contribution >= 4 is 11.9 Å². The van der Waals surface area contributed by atoms with Crippen LogP contribution in [0.4, 0.5) is 0 Å². The summed E-state index contributed by atoms with van der Waals surface area (Å²) < 4.78 is 0. The van der Waals surface area contributed by atoms with E-state index in [1.54, 1.807) is 4.90 Å². The third kappa shape index (κ3) is 1.16. The van der Waals surface area contributed by atoms with Gasteiger partial charge in [0, 0.05) is 13.5 Å². The third-order valence-corrected chi connectivity index (χ3v) is 4.94. The number of carbonyl (C=O) groups excluding carboxylic acids is 1. The lowest BCUT2D eigenvalue weighted by Crippen LogP contribution is -2.56. The normalized spacial score (nSPS) is 44.8. The van der Waals surface area contributed by atoms with Gasteiger partial charge in [-0.2, -0.15) is 0 Å². The minimum absolute atomic E-state index is 0.0958. The second-order valence-corrected chi connectivity index (χ2v) is 5.80. The second kappa shape index (κ2) is 2.99. The molecule has 0 radical (unpaired) electrons. The third-order valence-electron chi connectivity index (χ3n) is 4.94. The molecule has 1 saturated heterocycles. The van der Waals surface area contributed by atoms with E-state index in [9.17, 15) is 9.59 Å². The Morgan fingerprint density at radius 2 is 1.94 bits per heavy atom. The molecule has 1 heterocycles. The predicted molar refractivity (Wildman–Crippen MR) is 56.7 cm³/mol. The van der Waals surface area contributed by atoms with Crippen molar-refractivity contribution in [3.8, 4) is 0 Å². The van der Waals surface area contributed by atoms with E-state index in [0.717, 1.165) is 5.92 Å². The van der Waals surface area contributed by atoms with Gasteiger partial charge in [0.05, 0.1) is 0 Å². The zero-order chi connectivity index (χ0) is 11.5. The van der Waals surface area contributed by atoms with E-state index in [0.29, 0.717) is 24.3 Å². The van der Waals surface area contributed by atoms with E-state index in [-0.39, 0.29) is 5.91 Å². The Morgan fingerprint density at radius 1 is 1.31 bits per heavy atom. The number of carbonyl (C=O) groups is 2. The molecule has 1 amide bonds. The van der Waals surface area contributed by atoms with Gasteiger partial charge in [-0.1, -0.05) is 0 Å². The van der Waals surface area contributed by atoms with Crippen LogP contribution in [0.1, 0.15) is 32.6 Å². The number of nitrogens with zero attached hydrogens (tertiary/aromatic N) is 1. The number of amides is 1. The van der Waals surface area contributed by atoms with Gasteiger partial charge in [0.25, 0.3) is 0 Å². The van der Waals surface area contributed by atoms with Crippen LogP contribution in [0.3, 0.4) is 0 Å². The highest BCUT2D eigenvalue weighted by molar-refractivity contribution is 5.83. The fourth-order valence-corrected chi connectivity index (χ4v) is 3.91. The molecule has 4 fully saturated rings. The van der Waals surface area contributed by atoms with Gasteiger partial charge in [0.2, 0.25) is 5.91 Å². The first kappa shape index (κ1) is 10.1. The molecule has 1 N–H and O–H groups in total. The molecular formula is C12H17NO3. The molecule has 3 aliphatic carbocycles. The van der Waals surface area contributed by atoms with Gasteiger partial charge >= 0.3 is 5.97 Å². The van der Waals surface area contributed by atoms with Gasteiger partial charge in [0.15, 0.2) is 0 Å². The molecule has 2 atom stereocenters. The van der Waals surface area contributed by atoms with Crippen molar-refractivity contribution in [2.24, 2.45) is 17.3 Å². The summed E-state index contributed by atoms with van der Waals surface area (Å²) in [5.41, 5.74) is 0.419. The first-order chi connectivity index (χ1) is 7.52. The van der Waals surface area contributed by atoms with Crippen molar-refractivity contribution in [3.63, 3.8) is 0 Å². The molecule has 4 heteroatoms. The average molecular weight is 223 g/mol. The van der Waals surface area contributed by atoms with Crippen molar-refractivity contribution < 1.29 is 14.7 Å². The standard InChI is InChI=1S/C12H17NO3/c1-7(14)13-6-9(2-10(13)11(15)16)12-3-8(4-12)5-12/h8-10H,2-6H2,1H3,(H,15,16)/t8?,9?,10-,12?/m0/s1. The topological polar surface area (TPSA) is 57.6 Å². The zero-order valence-electron chi connectivity index (χ0n) is 9.48. The van der Waals surface area contributed by atoms with Crippen LogP contribution in [0.5, 0.6) is 0 Å². The number of carboxylic acids is 1. The molecule has 1 unspecified atom stereocenters. The Balaban J connectivity index is 1.76. The highest BCUT2D eigenvalue weighted by Gasteiger charge is 2.62. The van der Waals surface area contributed by atoms with Crippen LogP contribution < -0.4 is 0 Å². The number of carboxylic acid groups (broad SMARTS) is 1. The minimum Gasteiger partial charge on any atom is -0.480 e. The van der Waals surface area contributed by atoms with Crippen LogP contribution in [0.2, 0.25) is 0 Å². The van der Waals surface area contributed by atoms with Gasteiger partial charge in [0.1, 0.15) is 6.04 Å². The zero-order valence-corrected chi connectivity index (χ0v) is 9.48. The van der Waals surface area contributed by atoms with Crippen LogP contribution in [0.25, 0.3) is 0 Å². The van der Waals surface area contributed by atoms with Gasteiger partial charge in [-0.3, -0.25) is 4.79 Å². The van der Waals surface area contributed by atoms with Crippen LogP contribution in [-0.2, 0) is 9.59 Å². The van der Waals surface area contributed by atoms with Crippen molar-refractivity contribution in [2.75, 3.05) is 6.54 Å². The summed E-state index contributed by atoms with van der Waals surface area (Å²) in [6, 6.07) is -0.573. The number of likely N-dealkylation sites (tertiary alicyclic amines) is 1. The van der Waals surface area contributed by atoms with Crippen molar-refractivity contribution in [1.29, 1.82) is 0 Å². The molecule has 4 nitrogen and oxygen atoms in total. The molecular weight excluding hydrogens is 206 g/mol. The molecule has 88 valence electrons. The maximum absolute atomic E-state index is 11.4. The molecule has 4 rings (SSSR count). The smallest absolute Gasteiger partial charge is 0.326 e. The van der Waals surface area contributed by atoms with Crippen LogP contribution in [0, 0.1) is 17.3 Å². The first-order valence-electron chi connectivity index (χ1n) is 6.02. The van der Waals surface area contributed by atoms with Crippen LogP contribution in [-0.4, -0.2) is 34.5 Å². The Morgan fingerprint density at radius 3 is 2.25 bits per heavy atom. The molecule has 0 aromatic rings. The number of aliphatic carboxylic acids is 1. The monoisotopic (exact) mass is 223 g/mol. The lowest BCUT2D eigenvalue weighted by molar-refractivity contribution is -0.149. The summed E-state index contributed by atoms with van der Waals surface area (Å²) in [6.07, 6.45) is 4.49. The quantitative estimate of drug-likeness (QED) is 0.763. The van der Waals surface area contributed by atoms with Gasteiger partial charge in [-0.15, -0.1) is 0 Å². The highest BCUT2D eigenvalue weighted by Crippen LogP contribution is 2.69. The Bertz CT molecular complexity index is 326. The van der Waals surface area contributed by atoms with Crippen LogP contribution >= 0.6 is 0 Å². The van der Waals surface area contributed by atoms with Gasteiger partial charge in [-0.25, -0.2) is 4.79 Å². The van der Waals surface area contributed by atoms with E-state index in [1.807, 2.05) is 0 Å². The van der Waals surface area contributed by atoms with Crippen molar-refractivity contribution in [3.05, 3.63) is 0 Å². The van der Waals surface area contributed by atoms with Crippen LogP contribution in [0.15, 0.2) is 0 Å². The van der Waals surface area contributed by atoms with Crippen molar-refractivity contribution in [1.82, 2.24) is 4.90 Å². The molecule has 0 aromatic carbocycles. The second-order valence-electron chi connectivity index (χ2n) is 5.80. The molecule has 16 heavy (non-hydrogen) atoms. The number of hydrogen-bond donors (Lipinski definition) is 1. The highest BCUT2D eigenvalue weighted by atomic mass is 16.4. The van der Waals surface area contributed by atoms with E-state index < -0.39 is 12.0 Å². The first-order valence-corrected chi connectivity index (χ1v) is 6.02. The predicted octanol–water partition coefficient (Wildman–Crippen LogP) is 1.11. The van der Waals surface area contributed by atoms with E-state index in [1.165, 1.54) is 26.2 Å². The molecule has 0 spiro atoms. The minimum atomic E-state index is -0.843. The molecule has 2 bridgehead atoms. The van der Waals surface area contributed by atoms with Gasteiger partial charge in [-0.05, 0) is 42.9 Å². The molecule has 4 aliphatic rings. The van der Waals surface area contributed by atoms with E-state index >= 15 is 0 Å². The summed E-state index contributed by atoms with van der Waals surface area (Å²) in [5, 5.41) is 9.13. The number of hydrogen-bond acceptors (Lipinski definition) is 2.